The van der Waals surface area contributed by atoms with Gasteiger partial charge in [-0.05, 0) is 44.6 Å². The molecule has 0 amide bonds. The maximum Gasteiger partial charge on any atom is 0.118 e. The van der Waals surface area contributed by atoms with Crippen molar-refractivity contribution in [3.8, 4) is 5.75 Å². The number of hydrogen-bond donors (Lipinski definition) is 1. The van der Waals surface area contributed by atoms with Gasteiger partial charge in [0.2, 0.25) is 0 Å². The molecule has 1 aromatic carbocycles. The summed E-state index contributed by atoms with van der Waals surface area (Å²) < 4.78 is 5.16. The molecular weight excluding hydrogens is 224 g/mol. The molecular formula is C15H26N2O. The molecule has 0 heterocycles. The molecule has 0 aliphatic rings. The summed E-state index contributed by atoms with van der Waals surface area (Å²) >= 11 is 0. The van der Waals surface area contributed by atoms with E-state index < -0.39 is 0 Å². The van der Waals surface area contributed by atoms with E-state index in [1.807, 2.05) is 12.1 Å². The van der Waals surface area contributed by atoms with Gasteiger partial charge in [0, 0.05) is 19.1 Å². The zero-order chi connectivity index (χ0) is 13.4. The molecule has 0 radical (unpaired) electrons. The number of likely N-dealkylation sites (N-methyl/N-ethyl adjacent to an activating group) is 1. The topological polar surface area (TPSA) is 24.5 Å². The second-order valence-corrected chi connectivity index (χ2v) is 4.82. The standard InChI is InChI=1S/C15H26N2O/c1-5-10-16-11-13(2)17(3)12-14-6-8-15(18-4)9-7-14/h6-9,13,16H,5,10-12H2,1-4H3. The molecule has 18 heavy (non-hydrogen) atoms. The number of nitrogens with zero attached hydrogens (tertiary/aromatic N) is 1. The minimum Gasteiger partial charge on any atom is -0.497 e. The van der Waals surface area contributed by atoms with E-state index in [2.05, 4.69) is 43.2 Å². The second kappa shape index (κ2) is 8.11. The molecule has 0 bridgehead atoms. The third-order valence-corrected chi connectivity index (χ3v) is 3.21. The van der Waals surface area contributed by atoms with Crippen molar-refractivity contribution >= 4 is 0 Å². The molecule has 102 valence electrons. The maximum absolute atomic E-state index is 5.16. The Morgan fingerprint density at radius 3 is 2.50 bits per heavy atom. The molecule has 0 aliphatic heterocycles. The highest BCUT2D eigenvalue weighted by atomic mass is 16.5. The third-order valence-electron chi connectivity index (χ3n) is 3.21. The van der Waals surface area contributed by atoms with E-state index in [1.165, 1.54) is 12.0 Å². The van der Waals surface area contributed by atoms with Crippen molar-refractivity contribution in [2.24, 2.45) is 0 Å². The molecule has 0 fully saturated rings. The van der Waals surface area contributed by atoms with E-state index in [0.717, 1.165) is 25.4 Å². The molecule has 1 N–H and O–H groups in total. The van der Waals surface area contributed by atoms with Crippen molar-refractivity contribution in [3.63, 3.8) is 0 Å². The zero-order valence-corrected chi connectivity index (χ0v) is 12.1. The average molecular weight is 250 g/mol. The zero-order valence-electron chi connectivity index (χ0n) is 12.1. The lowest BCUT2D eigenvalue weighted by atomic mass is 10.2. The summed E-state index contributed by atoms with van der Waals surface area (Å²) in [6.07, 6.45) is 1.19. The Labute approximate surface area is 111 Å². The minimum atomic E-state index is 0.540. The Balaban J connectivity index is 2.39. The fourth-order valence-electron chi connectivity index (χ4n) is 1.82. The predicted molar refractivity (Wildman–Crippen MR) is 77.1 cm³/mol. The number of ether oxygens (including phenoxy) is 1. The first-order chi connectivity index (χ1) is 8.67. The van der Waals surface area contributed by atoms with Crippen molar-refractivity contribution in [1.29, 1.82) is 0 Å². The fraction of sp³-hybridized carbons (Fsp3) is 0.600. The molecule has 0 aliphatic carbocycles. The number of nitrogens with one attached hydrogen (secondary N) is 1. The molecule has 0 saturated heterocycles. The van der Waals surface area contributed by atoms with E-state index >= 15 is 0 Å². The lowest BCUT2D eigenvalue weighted by Gasteiger charge is -2.25. The van der Waals surface area contributed by atoms with Gasteiger partial charge in [-0.2, -0.15) is 0 Å². The van der Waals surface area contributed by atoms with Gasteiger partial charge in [0.25, 0.3) is 0 Å². The van der Waals surface area contributed by atoms with E-state index in [9.17, 15) is 0 Å². The number of rotatable bonds is 8. The Morgan fingerprint density at radius 2 is 1.94 bits per heavy atom. The number of hydrogen-bond acceptors (Lipinski definition) is 3. The SMILES string of the molecule is CCCNCC(C)N(C)Cc1ccc(OC)cc1. The Morgan fingerprint density at radius 1 is 1.28 bits per heavy atom. The predicted octanol–water partition coefficient (Wildman–Crippen LogP) is 2.52. The van der Waals surface area contributed by atoms with Crippen LogP contribution >= 0.6 is 0 Å². The lowest BCUT2D eigenvalue weighted by Crippen LogP contribution is -2.37. The summed E-state index contributed by atoms with van der Waals surface area (Å²) in [7, 11) is 3.87. The quantitative estimate of drug-likeness (QED) is 0.718. The van der Waals surface area contributed by atoms with E-state index in [4.69, 9.17) is 4.74 Å². The monoisotopic (exact) mass is 250 g/mol. The smallest absolute Gasteiger partial charge is 0.118 e. The molecule has 0 saturated carbocycles. The van der Waals surface area contributed by atoms with Crippen LogP contribution < -0.4 is 10.1 Å². The van der Waals surface area contributed by atoms with Crippen LogP contribution in [0.15, 0.2) is 24.3 Å². The highest BCUT2D eigenvalue weighted by Gasteiger charge is 2.08. The van der Waals surface area contributed by atoms with Gasteiger partial charge in [-0.1, -0.05) is 19.1 Å². The van der Waals surface area contributed by atoms with Gasteiger partial charge in [0.15, 0.2) is 0 Å². The first-order valence-electron chi connectivity index (χ1n) is 6.71. The molecule has 1 atom stereocenters. The van der Waals surface area contributed by atoms with Crippen LogP contribution in [0.5, 0.6) is 5.75 Å². The first kappa shape index (κ1) is 15.0. The minimum absolute atomic E-state index is 0.540. The Kier molecular flexibility index (Phi) is 6.76. The van der Waals surface area contributed by atoms with Gasteiger partial charge in [0.1, 0.15) is 5.75 Å². The van der Waals surface area contributed by atoms with E-state index in [0.29, 0.717) is 6.04 Å². The molecule has 0 spiro atoms. The summed E-state index contributed by atoms with van der Waals surface area (Å²) in [5.41, 5.74) is 1.32. The lowest BCUT2D eigenvalue weighted by molar-refractivity contribution is 0.243. The van der Waals surface area contributed by atoms with Crippen molar-refractivity contribution in [2.75, 3.05) is 27.2 Å². The second-order valence-electron chi connectivity index (χ2n) is 4.82. The largest absolute Gasteiger partial charge is 0.497 e. The van der Waals surface area contributed by atoms with Gasteiger partial charge < -0.3 is 10.1 Å². The van der Waals surface area contributed by atoms with E-state index in [-0.39, 0.29) is 0 Å². The summed E-state index contributed by atoms with van der Waals surface area (Å²) in [5, 5.41) is 3.46. The van der Waals surface area contributed by atoms with Gasteiger partial charge >= 0.3 is 0 Å². The van der Waals surface area contributed by atoms with Crippen LogP contribution in [0.1, 0.15) is 25.8 Å². The van der Waals surface area contributed by atoms with Gasteiger partial charge in [0.05, 0.1) is 7.11 Å². The van der Waals surface area contributed by atoms with Crippen molar-refractivity contribution < 1.29 is 4.74 Å². The average Bonchev–Trinajstić information content (AvgIpc) is 2.39. The molecule has 0 aromatic heterocycles. The van der Waals surface area contributed by atoms with Crippen LogP contribution in [0.3, 0.4) is 0 Å². The normalized spacial score (nSPS) is 12.7. The summed E-state index contributed by atoms with van der Waals surface area (Å²) in [5.74, 6) is 0.916. The van der Waals surface area contributed by atoms with Gasteiger partial charge in [-0.3, -0.25) is 4.90 Å². The van der Waals surface area contributed by atoms with Gasteiger partial charge in [-0.15, -0.1) is 0 Å². The van der Waals surface area contributed by atoms with Gasteiger partial charge in [-0.25, -0.2) is 0 Å². The maximum atomic E-state index is 5.16. The van der Waals surface area contributed by atoms with Crippen LogP contribution in [0.25, 0.3) is 0 Å². The highest BCUT2D eigenvalue weighted by Crippen LogP contribution is 2.13. The van der Waals surface area contributed by atoms with Crippen LogP contribution in [0.2, 0.25) is 0 Å². The first-order valence-corrected chi connectivity index (χ1v) is 6.71. The molecule has 1 unspecified atom stereocenters. The van der Waals surface area contributed by atoms with Crippen LogP contribution in [0.4, 0.5) is 0 Å². The Hall–Kier alpha value is -1.06. The molecule has 1 aromatic rings. The molecule has 3 nitrogen and oxygen atoms in total. The molecule has 1 rings (SSSR count). The van der Waals surface area contributed by atoms with Crippen LogP contribution in [-0.2, 0) is 6.54 Å². The van der Waals surface area contributed by atoms with E-state index in [1.54, 1.807) is 7.11 Å². The summed E-state index contributed by atoms with van der Waals surface area (Å²) in [6, 6.07) is 8.83. The van der Waals surface area contributed by atoms with Crippen molar-refractivity contribution in [2.45, 2.75) is 32.9 Å². The number of benzene rings is 1. The highest BCUT2D eigenvalue weighted by molar-refractivity contribution is 5.27. The Bertz CT molecular complexity index is 324. The molecule has 3 heteroatoms. The fourth-order valence-corrected chi connectivity index (χ4v) is 1.82. The van der Waals surface area contributed by atoms with Crippen molar-refractivity contribution in [1.82, 2.24) is 10.2 Å². The van der Waals surface area contributed by atoms with Crippen molar-refractivity contribution in [3.05, 3.63) is 29.8 Å². The third kappa shape index (κ3) is 5.07. The van der Waals surface area contributed by atoms with Crippen LogP contribution in [-0.4, -0.2) is 38.2 Å². The number of methoxy groups -OCH3 is 1. The summed E-state index contributed by atoms with van der Waals surface area (Å²) in [4.78, 5) is 2.37. The van der Waals surface area contributed by atoms with Crippen LogP contribution in [0, 0.1) is 0 Å². The summed E-state index contributed by atoms with van der Waals surface area (Å²) in [6.45, 7) is 7.56.